The molecule has 1 saturated heterocycles. The molecule has 1 aromatic rings. The van der Waals surface area contributed by atoms with Gasteiger partial charge in [-0.25, -0.2) is 4.79 Å². The standard InChI is InChI=1S/C9H9N3O2/c1-9(6-4-2-3-5-10-6)7(13)11-8(14)12-9/h2-5H,1H3,(H2,11,12,13,14)/t9-/m0/s1. The van der Waals surface area contributed by atoms with Crippen LogP contribution < -0.4 is 10.6 Å². The van der Waals surface area contributed by atoms with Gasteiger partial charge in [0.25, 0.3) is 5.91 Å². The molecule has 14 heavy (non-hydrogen) atoms. The minimum atomic E-state index is -1.04. The average Bonchev–Trinajstić information content (AvgIpc) is 2.43. The second-order valence-electron chi connectivity index (χ2n) is 3.25. The van der Waals surface area contributed by atoms with Crippen molar-refractivity contribution in [3.8, 4) is 0 Å². The summed E-state index contributed by atoms with van der Waals surface area (Å²) in [7, 11) is 0. The molecule has 0 aliphatic carbocycles. The lowest BCUT2D eigenvalue weighted by Gasteiger charge is -2.19. The summed E-state index contributed by atoms with van der Waals surface area (Å²) in [6, 6.07) is 4.74. The van der Waals surface area contributed by atoms with E-state index in [-0.39, 0.29) is 5.91 Å². The number of pyridine rings is 1. The maximum atomic E-state index is 11.5. The van der Waals surface area contributed by atoms with E-state index in [4.69, 9.17) is 0 Å². The Morgan fingerprint density at radius 1 is 1.36 bits per heavy atom. The van der Waals surface area contributed by atoms with Crippen molar-refractivity contribution in [2.75, 3.05) is 0 Å². The SMILES string of the molecule is C[C@@]1(c2ccccn2)NC(=O)NC1=O. The molecule has 3 amide bonds. The molecule has 1 aromatic heterocycles. The summed E-state index contributed by atoms with van der Waals surface area (Å²) in [5.74, 6) is -0.374. The quantitative estimate of drug-likeness (QED) is 0.620. The van der Waals surface area contributed by atoms with Crippen LogP contribution in [-0.4, -0.2) is 16.9 Å². The maximum absolute atomic E-state index is 11.5. The van der Waals surface area contributed by atoms with E-state index in [2.05, 4.69) is 15.6 Å². The lowest BCUT2D eigenvalue weighted by Crippen LogP contribution is -2.41. The lowest BCUT2D eigenvalue weighted by molar-refractivity contribution is -0.123. The summed E-state index contributed by atoms with van der Waals surface area (Å²) in [6.07, 6.45) is 1.58. The van der Waals surface area contributed by atoms with Gasteiger partial charge < -0.3 is 5.32 Å². The Labute approximate surface area is 80.5 Å². The first-order valence-corrected chi connectivity index (χ1v) is 4.18. The molecule has 0 unspecified atom stereocenters. The summed E-state index contributed by atoms with van der Waals surface area (Å²) in [6.45, 7) is 1.62. The number of amides is 3. The van der Waals surface area contributed by atoms with Crippen molar-refractivity contribution in [2.45, 2.75) is 12.5 Å². The summed E-state index contributed by atoms with van der Waals surface area (Å²) >= 11 is 0. The van der Waals surface area contributed by atoms with Crippen LogP contribution in [0.5, 0.6) is 0 Å². The lowest BCUT2D eigenvalue weighted by atomic mass is 9.98. The summed E-state index contributed by atoms with van der Waals surface area (Å²) in [5.41, 5.74) is -0.512. The first-order chi connectivity index (χ1) is 6.63. The van der Waals surface area contributed by atoms with Gasteiger partial charge >= 0.3 is 6.03 Å². The van der Waals surface area contributed by atoms with Crippen LogP contribution in [-0.2, 0) is 10.3 Å². The van der Waals surface area contributed by atoms with Gasteiger partial charge in [-0.3, -0.25) is 15.1 Å². The van der Waals surface area contributed by atoms with E-state index in [9.17, 15) is 9.59 Å². The van der Waals surface area contributed by atoms with E-state index >= 15 is 0 Å². The zero-order chi connectivity index (χ0) is 10.2. The van der Waals surface area contributed by atoms with Gasteiger partial charge in [0, 0.05) is 6.20 Å². The Hall–Kier alpha value is -1.91. The normalized spacial score (nSPS) is 25.8. The topological polar surface area (TPSA) is 71.1 Å². The van der Waals surface area contributed by atoms with E-state index in [1.165, 1.54) is 0 Å². The molecule has 2 heterocycles. The number of nitrogens with zero attached hydrogens (tertiary/aromatic N) is 1. The number of urea groups is 1. The Bertz CT molecular complexity index is 390. The first kappa shape index (κ1) is 8.68. The Morgan fingerprint density at radius 3 is 2.64 bits per heavy atom. The fourth-order valence-electron chi connectivity index (χ4n) is 1.38. The molecule has 0 aromatic carbocycles. The highest BCUT2D eigenvalue weighted by atomic mass is 16.2. The van der Waals surface area contributed by atoms with Gasteiger partial charge in [0.1, 0.15) is 0 Å². The second kappa shape index (κ2) is 2.80. The van der Waals surface area contributed by atoms with Crippen LogP contribution in [0.25, 0.3) is 0 Å². The zero-order valence-corrected chi connectivity index (χ0v) is 7.57. The maximum Gasteiger partial charge on any atom is 0.322 e. The average molecular weight is 191 g/mol. The molecule has 0 saturated carbocycles. The molecule has 1 atom stereocenters. The fraction of sp³-hybridized carbons (Fsp3) is 0.222. The number of hydrogen-bond donors (Lipinski definition) is 2. The molecule has 2 rings (SSSR count). The molecule has 0 radical (unpaired) electrons. The van der Waals surface area contributed by atoms with Gasteiger partial charge in [-0.2, -0.15) is 0 Å². The van der Waals surface area contributed by atoms with E-state index < -0.39 is 11.6 Å². The number of nitrogens with one attached hydrogen (secondary N) is 2. The van der Waals surface area contributed by atoms with E-state index in [1.807, 2.05) is 0 Å². The third-order valence-electron chi connectivity index (χ3n) is 2.22. The monoisotopic (exact) mass is 191 g/mol. The number of hydrogen-bond acceptors (Lipinski definition) is 3. The smallest absolute Gasteiger partial charge is 0.318 e. The third kappa shape index (κ3) is 1.14. The van der Waals surface area contributed by atoms with Crippen LogP contribution in [0.3, 0.4) is 0 Å². The second-order valence-corrected chi connectivity index (χ2v) is 3.25. The van der Waals surface area contributed by atoms with E-state index in [0.29, 0.717) is 5.69 Å². The minimum absolute atomic E-state index is 0.374. The zero-order valence-electron chi connectivity index (χ0n) is 7.57. The van der Waals surface area contributed by atoms with Gasteiger partial charge in [0.15, 0.2) is 5.54 Å². The Kier molecular flexibility index (Phi) is 1.73. The number of carbonyl (C=O) groups is 2. The molecular formula is C9H9N3O2. The molecule has 2 N–H and O–H groups in total. The van der Waals surface area contributed by atoms with Crippen LogP contribution in [0, 0.1) is 0 Å². The highest BCUT2D eigenvalue weighted by Crippen LogP contribution is 2.21. The van der Waals surface area contributed by atoms with Crippen LogP contribution >= 0.6 is 0 Å². The first-order valence-electron chi connectivity index (χ1n) is 4.18. The van der Waals surface area contributed by atoms with Crippen LogP contribution in [0.2, 0.25) is 0 Å². The Balaban J connectivity index is 2.43. The molecular weight excluding hydrogens is 182 g/mol. The molecule has 1 aliphatic heterocycles. The number of rotatable bonds is 1. The third-order valence-corrected chi connectivity index (χ3v) is 2.22. The molecule has 1 fully saturated rings. The molecule has 1 aliphatic rings. The van der Waals surface area contributed by atoms with Crippen LogP contribution in [0.4, 0.5) is 4.79 Å². The summed E-state index contributed by atoms with van der Waals surface area (Å²) in [5, 5.41) is 4.71. The van der Waals surface area contributed by atoms with Crippen LogP contribution in [0.15, 0.2) is 24.4 Å². The largest absolute Gasteiger partial charge is 0.322 e. The van der Waals surface area contributed by atoms with Crippen molar-refractivity contribution in [1.29, 1.82) is 0 Å². The number of carbonyl (C=O) groups excluding carboxylic acids is 2. The minimum Gasteiger partial charge on any atom is -0.318 e. The highest BCUT2D eigenvalue weighted by molar-refractivity contribution is 6.06. The van der Waals surface area contributed by atoms with Gasteiger partial charge in [0.2, 0.25) is 0 Å². The summed E-state index contributed by atoms with van der Waals surface area (Å²) in [4.78, 5) is 26.5. The van der Waals surface area contributed by atoms with Gasteiger partial charge in [-0.05, 0) is 19.1 Å². The number of imide groups is 1. The van der Waals surface area contributed by atoms with Gasteiger partial charge in [-0.1, -0.05) is 6.07 Å². The van der Waals surface area contributed by atoms with Crippen molar-refractivity contribution in [3.05, 3.63) is 30.1 Å². The predicted octanol–water partition coefficient (Wildman–Crippen LogP) is 0.136. The summed E-state index contributed by atoms with van der Waals surface area (Å²) < 4.78 is 0. The van der Waals surface area contributed by atoms with Crippen LogP contribution in [0.1, 0.15) is 12.6 Å². The van der Waals surface area contributed by atoms with Crippen molar-refractivity contribution in [3.63, 3.8) is 0 Å². The van der Waals surface area contributed by atoms with Crippen molar-refractivity contribution < 1.29 is 9.59 Å². The highest BCUT2D eigenvalue weighted by Gasteiger charge is 2.44. The van der Waals surface area contributed by atoms with Crippen molar-refractivity contribution in [2.24, 2.45) is 0 Å². The van der Waals surface area contributed by atoms with Crippen molar-refractivity contribution in [1.82, 2.24) is 15.6 Å². The Morgan fingerprint density at radius 2 is 2.14 bits per heavy atom. The number of aromatic nitrogens is 1. The molecule has 0 spiro atoms. The van der Waals surface area contributed by atoms with Gasteiger partial charge in [0.05, 0.1) is 5.69 Å². The molecule has 5 heteroatoms. The van der Waals surface area contributed by atoms with E-state index in [0.717, 1.165) is 0 Å². The molecule has 72 valence electrons. The molecule has 0 bridgehead atoms. The van der Waals surface area contributed by atoms with Gasteiger partial charge in [-0.15, -0.1) is 0 Å². The van der Waals surface area contributed by atoms with Crippen molar-refractivity contribution >= 4 is 11.9 Å². The predicted molar refractivity (Wildman–Crippen MR) is 48.3 cm³/mol. The van der Waals surface area contributed by atoms with E-state index in [1.54, 1.807) is 31.3 Å². The molecule has 5 nitrogen and oxygen atoms in total. The fourth-order valence-corrected chi connectivity index (χ4v) is 1.38.